The lowest BCUT2D eigenvalue weighted by Gasteiger charge is -2.27. The van der Waals surface area contributed by atoms with Gasteiger partial charge < -0.3 is 16.0 Å². The molecule has 0 fully saturated rings. The Balaban J connectivity index is 1.71. The molecule has 1 aliphatic heterocycles. The minimum atomic E-state index is -3.51. The molecule has 2 amide bonds. The lowest BCUT2D eigenvalue weighted by Crippen LogP contribution is -2.43. The van der Waals surface area contributed by atoms with Crippen LogP contribution in [0.2, 0.25) is 0 Å². The van der Waals surface area contributed by atoms with Gasteiger partial charge in [0.15, 0.2) is 9.84 Å². The second-order valence-electron chi connectivity index (χ2n) is 7.77. The number of sulfone groups is 1. The van der Waals surface area contributed by atoms with Crippen molar-refractivity contribution in [3.05, 3.63) is 59.2 Å². The summed E-state index contributed by atoms with van der Waals surface area (Å²) in [6.45, 7) is 5.80. The van der Waals surface area contributed by atoms with Crippen LogP contribution in [0, 0.1) is 6.92 Å². The van der Waals surface area contributed by atoms with Crippen molar-refractivity contribution in [2.24, 2.45) is 0 Å². The van der Waals surface area contributed by atoms with E-state index < -0.39 is 21.8 Å². The molecule has 0 bridgehead atoms. The third-order valence-corrected chi connectivity index (χ3v) is 6.68. The lowest BCUT2D eigenvalue weighted by atomic mass is 10.1. The van der Waals surface area contributed by atoms with Crippen molar-refractivity contribution in [2.75, 3.05) is 16.4 Å². The summed E-state index contributed by atoms with van der Waals surface area (Å²) in [5.41, 5.74) is 3.16. The van der Waals surface area contributed by atoms with Crippen LogP contribution >= 0.6 is 0 Å². The summed E-state index contributed by atoms with van der Waals surface area (Å²) in [6, 6.07) is 11.4. The Hall–Kier alpha value is -2.87. The first-order valence-corrected chi connectivity index (χ1v) is 11.8. The molecule has 3 rings (SSSR count). The quantitative estimate of drug-likeness (QED) is 0.628. The van der Waals surface area contributed by atoms with Crippen LogP contribution in [0.25, 0.3) is 0 Å². The molecule has 0 aromatic heterocycles. The van der Waals surface area contributed by atoms with Crippen molar-refractivity contribution in [3.63, 3.8) is 0 Å². The van der Waals surface area contributed by atoms with Gasteiger partial charge in [0.1, 0.15) is 6.04 Å². The molecule has 0 aliphatic carbocycles. The van der Waals surface area contributed by atoms with Gasteiger partial charge >= 0.3 is 0 Å². The predicted molar refractivity (Wildman–Crippen MR) is 118 cm³/mol. The standard InChI is InChI=1S/C22H27N3O4S/c1-4-15(3)23-21(26)17-8-9-18-19(11-17)25-22(27)20(24-18)13-30(28,29)12-16-7-5-6-14(2)10-16/h5-11,15,20,24H,4,12-13H2,1-3H3,(H,23,26)(H,25,27)/t15-,20+/m0/s1. The lowest BCUT2D eigenvalue weighted by molar-refractivity contribution is -0.116. The Kier molecular flexibility index (Phi) is 6.45. The monoisotopic (exact) mass is 429 g/mol. The van der Waals surface area contributed by atoms with Gasteiger partial charge in [-0.15, -0.1) is 0 Å². The summed E-state index contributed by atoms with van der Waals surface area (Å²) in [5, 5.41) is 8.60. The highest BCUT2D eigenvalue weighted by atomic mass is 32.2. The van der Waals surface area contributed by atoms with Gasteiger partial charge in [0, 0.05) is 11.6 Å². The highest BCUT2D eigenvalue weighted by Gasteiger charge is 2.30. The largest absolute Gasteiger partial charge is 0.371 e. The molecule has 2 atom stereocenters. The van der Waals surface area contributed by atoms with Crippen LogP contribution in [0.5, 0.6) is 0 Å². The first kappa shape index (κ1) is 21.8. The highest BCUT2D eigenvalue weighted by Crippen LogP contribution is 2.28. The molecule has 2 aromatic rings. The number of hydrogen-bond donors (Lipinski definition) is 3. The van der Waals surface area contributed by atoms with Gasteiger partial charge in [0.25, 0.3) is 5.91 Å². The van der Waals surface area contributed by atoms with E-state index in [0.29, 0.717) is 22.5 Å². The Bertz CT molecular complexity index is 1070. The molecule has 0 radical (unpaired) electrons. The fraction of sp³-hybridized carbons (Fsp3) is 0.364. The molecule has 2 aromatic carbocycles. The SMILES string of the molecule is CC[C@H](C)NC(=O)c1ccc2c(c1)NC(=O)[C@@H](CS(=O)(=O)Cc1cccc(C)c1)N2. The van der Waals surface area contributed by atoms with E-state index >= 15 is 0 Å². The topological polar surface area (TPSA) is 104 Å². The van der Waals surface area contributed by atoms with Crippen LogP contribution in [0.3, 0.4) is 0 Å². The van der Waals surface area contributed by atoms with Crippen LogP contribution in [-0.4, -0.2) is 38.1 Å². The number of carbonyl (C=O) groups is 2. The summed E-state index contributed by atoms with van der Waals surface area (Å²) in [5.74, 6) is -1.09. The zero-order valence-electron chi connectivity index (χ0n) is 17.4. The number of anilines is 2. The van der Waals surface area contributed by atoms with Gasteiger partial charge in [-0.05, 0) is 44.0 Å². The fourth-order valence-electron chi connectivity index (χ4n) is 3.28. The van der Waals surface area contributed by atoms with Crippen molar-refractivity contribution in [1.29, 1.82) is 0 Å². The summed E-state index contributed by atoms with van der Waals surface area (Å²) < 4.78 is 25.3. The second kappa shape index (κ2) is 8.87. The Morgan fingerprint density at radius 2 is 1.93 bits per heavy atom. The molecule has 160 valence electrons. The molecular weight excluding hydrogens is 402 g/mol. The molecule has 0 spiro atoms. The molecule has 1 heterocycles. The number of rotatable bonds is 7. The smallest absolute Gasteiger partial charge is 0.251 e. The van der Waals surface area contributed by atoms with Gasteiger partial charge in [-0.1, -0.05) is 36.8 Å². The van der Waals surface area contributed by atoms with E-state index in [1.54, 1.807) is 24.3 Å². The zero-order valence-corrected chi connectivity index (χ0v) is 18.2. The highest BCUT2D eigenvalue weighted by molar-refractivity contribution is 7.90. The van der Waals surface area contributed by atoms with E-state index in [1.807, 2.05) is 39.0 Å². The zero-order chi connectivity index (χ0) is 21.9. The number of carbonyl (C=O) groups excluding carboxylic acids is 2. The molecule has 1 aliphatic rings. The molecule has 0 unspecified atom stereocenters. The first-order chi connectivity index (χ1) is 14.2. The summed E-state index contributed by atoms with van der Waals surface area (Å²) in [4.78, 5) is 24.8. The van der Waals surface area contributed by atoms with Crippen LogP contribution in [-0.2, 0) is 20.4 Å². The third kappa shape index (κ3) is 5.38. The van der Waals surface area contributed by atoms with E-state index in [0.717, 1.165) is 12.0 Å². The van der Waals surface area contributed by atoms with Crippen LogP contribution in [0.4, 0.5) is 11.4 Å². The van der Waals surface area contributed by atoms with Gasteiger partial charge in [-0.2, -0.15) is 0 Å². The molecule has 7 nitrogen and oxygen atoms in total. The van der Waals surface area contributed by atoms with E-state index in [9.17, 15) is 18.0 Å². The molecule has 30 heavy (non-hydrogen) atoms. The minimum absolute atomic E-state index is 0.0456. The van der Waals surface area contributed by atoms with E-state index in [2.05, 4.69) is 16.0 Å². The van der Waals surface area contributed by atoms with Crippen molar-refractivity contribution < 1.29 is 18.0 Å². The van der Waals surface area contributed by atoms with Gasteiger partial charge in [0.05, 0.1) is 22.9 Å². The van der Waals surface area contributed by atoms with Gasteiger partial charge in [-0.25, -0.2) is 8.42 Å². The Labute approximate surface area is 177 Å². The first-order valence-electron chi connectivity index (χ1n) is 9.95. The number of nitrogens with one attached hydrogen (secondary N) is 3. The maximum absolute atomic E-state index is 12.6. The molecule has 0 saturated carbocycles. The number of benzene rings is 2. The predicted octanol–water partition coefficient (Wildman–Crippen LogP) is 2.87. The maximum Gasteiger partial charge on any atom is 0.251 e. The number of aryl methyl sites for hydroxylation is 1. The van der Waals surface area contributed by atoms with E-state index in [4.69, 9.17) is 0 Å². The molecule has 3 N–H and O–H groups in total. The van der Waals surface area contributed by atoms with E-state index in [-0.39, 0.29) is 23.5 Å². The molecule has 0 saturated heterocycles. The third-order valence-electron chi connectivity index (χ3n) is 5.07. The summed E-state index contributed by atoms with van der Waals surface area (Å²) in [7, 11) is -3.51. The van der Waals surface area contributed by atoms with Crippen LogP contribution < -0.4 is 16.0 Å². The number of fused-ring (bicyclic) bond motifs is 1. The Morgan fingerprint density at radius 1 is 1.17 bits per heavy atom. The molecule has 8 heteroatoms. The van der Waals surface area contributed by atoms with Crippen molar-refractivity contribution in [1.82, 2.24) is 5.32 Å². The normalized spacial score (nSPS) is 16.8. The van der Waals surface area contributed by atoms with Crippen molar-refractivity contribution >= 4 is 33.0 Å². The summed E-state index contributed by atoms with van der Waals surface area (Å²) in [6.07, 6.45) is 0.813. The average Bonchev–Trinajstić information content (AvgIpc) is 2.67. The van der Waals surface area contributed by atoms with Gasteiger partial charge in [-0.3, -0.25) is 9.59 Å². The minimum Gasteiger partial charge on any atom is -0.371 e. The van der Waals surface area contributed by atoms with Crippen LogP contribution in [0.15, 0.2) is 42.5 Å². The molecular formula is C22H27N3O4S. The maximum atomic E-state index is 12.6. The van der Waals surface area contributed by atoms with E-state index in [1.165, 1.54) is 0 Å². The summed E-state index contributed by atoms with van der Waals surface area (Å²) >= 11 is 0. The number of amides is 2. The van der Waals surface area contributed by atoms with Crippen molar-refractivity contribution in [3.8, 4) is 0 Å². The Morgan fingerprint density at radius 3 is 2.63 bits per heavy atom. The average molecular weight is 430 g/mol. The van der Waals surface area contributed by atoms with Crippen LogP contribution in [0.1, 0.15) is 41.8 Å². The number of hydrogen-bond acceptors (Lipinski definition) is 5. The van der Waals surface area contributed by atoms with Crippen molar-refractivity contribution in [2.45, 2.75) is 45.0 Å². The second-order valence-corrected chi connectivity index (χ2v) is 9.88. The van der Waals surface area contributed by atoms with Gasteiger partial charge in [0.2, 0.25) is 5.91 Å². The fourth-order valence-corrected chi connectivity index (χ4v) is 4.83.